The van der Waals surface area contributed by atoms with E-state index in [2.05, 4.69) is 4.98 Å². The summed E-state index contributed by atoms with van der Waals surface area (Å²) in [5.74, 6) is -0.514. The number of cyclic esters (lactones) is 1. The first-order chi connectivity index (χ1) is 16.1. The summed E-state index contributed by atoms with van der Waals surface area (Å²) >= 11 is 0. The number of esters is 1. The number of fused-ring (bicyclic) bond motifs is 1. The Balaban J connectivity index is 1.28. The van der Waals surface area contributed by atoms with Crippen LogP contribution in [-0.2, 0) is 11.2 Å². The fraction of sp³-hybridized carbons (Fsp3) is 0.231. The van der Waals surface area contributed by atoms with E-state index >= 15 is 0 Å². The van der Waals surface area contributed by atoms with Crippen LogP contribution in [0.15, 0.2) is 73.1 Å². The van der Waals surface area contributed by atoms with Crippen molar-refractivity contribution in [3.63, 3.8) is 0 Å². The minimum atomic E-state index is -0.368. The molecule has 3 aromatic rings. The lowest BCUT2D eigenvalue weighted by Gasteiger charge is -2.35. The zero-order chi connectivity index (χ0) is 22.8. The molecule has 166 valence electrons. The molecule has 2 aliphatic rings. The van der Waals surface area contributed by atoms with Gasteiger partial charge in [-0.25, -0.2) is 4.79 Å². The van der Waals surface area contributed by atoms with Crippen molar-refractivity contribution in [3.05, 3.63) is 101 Å². The summed E-state index contributed by atoms with van der Waals surface area (Å²) in [5.41, 5.74) is 3.40. The average molecular weight is 441 g/mol. The number of aromatic nitrogens is 1. The van der Waals surface area contributed by atoms with Crippen molar-refractivity contribution in [3.8, 4) is 0 Å². The monoisotopic (exact) mass is 441 g/mol. The highest BCUT2D eigenvalue weighted by Crippen LogP contribution is 2.31. The van der Waals surface area contributed by atoms with Crippen LogP contribution in [0.1, 0.15) is 48.3 Å². The van der Waals surface area contributed by atoms with Gasteiger partial charge in [-0.1, -0.05) is 30.3 Å². The molecule has 1 saturated heterocycles. The molecular weight excluding hydrogens is 418 g/mol. The van der Waals surface area contributed by atoms with E-state index in [9.17, 15) is 14.4 Å². The standard InChI is InChI=1S/C26H23N3O4/c30-24(19-8-10-27-11-9-19)28-12-14-29(15-13-28)25(31)20-6-7-22-21(16-20)17-23(33-26(22)32)18-4-2-1-3-5-18/h1-11,16,23H,12-15,17H2. The number of carbonyl (C=O) groups excluding carboxylic acids is 3. The van der Waals surface area contributed by atoms with Gasteiger partial charge >= 0.3 is 5.97 Å². The first-order valence-corrected chi connectivity index (χ1v) is 11.0. The zero-order valence-electron chi connectivity index (χ0n) is 18.0. The van der Waals surface area contributed by atoms with Gasteiger partial charge in [0.25, 0.3) is 11.8 Å². The maximum absolute atomic E-state index is 13.2. The summed E-state index contributed by atoms with van der Waals surface area (Å²) < 4.78 is 5.61. The van der Waals surface area contributed by atoms with E-state index in [0.717, 1.165) is 11.1 Å². The predicted octanol–water partition coefficient (Wildman–Crippen LogP) is 3.13. The van der Waals surface area contributed by atoms with E-state index in [1.807, 2.05) is 36.4 Å². The number of hydrogen-bond donors (Lipinski definition) is 0. The Morgan fingerprint density at radius 1 is 0.818 bits per heavy atom. The van der Waals surface area contributed by atoms with Crippen LogP contribution in [0.4, 0.5) is 0 Å². The van der Waals surface area contributed by atoms with Crippen LogP contribution >= 0.6 is 0 Å². The van der Waals surface area contributed by atoms with Crippen LogP contribution in [0.2, 0.25) is 0 Å². The minimum absolute atomic E-state index is 0.0521. The van der Waals surface area contributed by atoms with Gasteiger partial charge in [-0.05, 0) is 41.5 Å². The Morgan fingerprint density at radius 2 is 1.45 bits per heavy atom. The predicted molar refractivity (Wildman–Crippen MR) is 121 cm³/mol. The second-order valence-electron chi connectivity index (χ2n) is 8.20. The molecule has 0 radical (unpaired) electrons. The van der Waals surface area contributed by atoms with Gasteiger partial charge in [0.1, 0.15) is 6.10 Å². The Morgan fingerprint density at radius 3 is 2.12 bits per heavy atom. The van der Waals surface area contributed by atoms with Crippen LogP contribution in [0.3, 0.4) is 0 Å². The summed E-state index contributed by atoms with van der Waals surface area (Å²) in [7, 11) is 0. The van der Waals surface area contributed by atoms with Crippen LogP contribution in [0.25, 0.3) is 0 Å². The van der Waals surface area contributed by atoms with E-state index in [1.54, 1.807) is 46.5 Å². The Bertz CT molecular complexity index is 1190. The molecule has 1 aromatic heterocycles. The SMILES string of the molecule is O=C1OC(c2ccccc2)Cc2cc(C(=O)N3CCN(C(=O)c4ccncc4)CC3)ccc21. The van der Waals surface area contributed by atoms with Gasteiger partial charge in [0.15, 0.2) is 0 Å². The summed E-state index contributed by atoms with van der Waals surface area (Å²) in [6.07, 6.45) is 3.36. The highest BCUT2D eigenvalue weighted by atomic mass is 16.5. The second kappa shape index (κ2) is 8.86. The Labute approximate surface area is 191 Å². The van der Waals surface area contributed by atoms with Crippen molar-refractivity contribution in [1.29, 1.82) is 0 Å². The lowest BCUT2D eigenvalue weighted by Crippen LogP contribution is -2.50. The molecule has 0 bridgehead atoms. The number of rotatable bonds is 3. The number of carbonyl (C=O) groups is 3. The van der Waals surface area contributed by atoms with Gasteiger partial charge in [-0.2, -0.15) is 0 Å². The Kier molecular flexibility index (Phi) is 5.60. The highest BCUT2D eigenvalue weighted by molar-refractivity contribution is 5.98. The van der Waals surface area contributed by atoms with Gasteiger partial charge in [-0.3, -0.25) is 14.6 Å². The molecule has 2 amide bonds. The number of nitrogens with zero attached hydrogens (tertiary/aromatic N) is 3. The maximum Gasteiger partial charge on any atom is 0.339 e. The number of amides is 2. The molecule has 5 rings (SSSR count). The molecule has 1 unspecified atom stereocenters. The first kappa shape index (κ1) is 20.9. The topological polar surface area (TPSA) is 79.8 Å². The van der Waals surface area contributed by atoms with Gasteiger partial charge < -0.3 is 14.5 Å². The molecule has 1 atom stereocenters. The molecule has 0 aliphatic carbocycles. The van der Waals surface area contributed by atoms with Gasteiger partial charge in [0.2, 0.25) is 0 Å². The lowest BCUT2D eigenvalue weighted by atomic mass is 9.93. The summed E-state index contributed by atoms with van der Waals surface area (Å²) in [6.45, 7) is 1.86. The van der Waals surface area contributed by atoms with Crippen LogP contribution < -0.4 is 0 Å². The highest BCUT2D eigenvalue weighted by Gasteiger charge is 2.30. The van der Waals surface area contributed by atoms with Crippen molar-refractivity contribution >= 4 is 17.8 Å². The molecule has 0 saturated carbocycles. The molecule has 2 aliphatic heterocycles. The molecule has 1 fully saturated rings. The molecule has 7 heteroatoms. The van der Waals surface area contributed by atoms with E-state index in [1.165, 1.54) is 0 Å². The fourth-order valence-corrected chi connectivity index (χ4v) is 4.35. The molecule has 2 aromatic carbocycles. The van der Waals surface area contributed by atoms with E-state index in [4.69, 9.17) is 4.74 Å². The quantitative estimate of drug-likeness (QED) is 0.584. The van der Waals surface area contributed by atoms with Crippen molar-refractivity contribution in [2.45, 2.75) is 12.5 Å². The largest absolute Gasteiger partial charge is 0.454 e. The van der Waals surface area contributed by atoms with Gasteiger partial charge in [0, 0.05) is 56.1 Å². The number of piperazine rings is 1. The Hall–Kier alpha value is -4.00. The van der Waals surface area contributed by atoms with Crippen LogP contribution in [0, 0.1) is 0 Å². The van der Waals surface area contributed by atoms with Crippen molar-refractivity contribution < 1.29 is 19.1 Å². The van der Waals surface area contributed by atoms with E-state index in [0.29, 0.717) is 49.3 Å². The number of hydrogen-bond acceptors (Lipinski definition) is 5. The average Bonchev–Trinajstić information content (AvgIpc) is 2.88. The molecule has 0 spiro atoms. The fourth-order valence-electron chi connectivity index (χ4n) is 4.35. The van der Waals surface area contributed by atoms with Crippen LogP contribution in [0.5, 0.6) is 0 Å². The lowest BCUT2D eigenvalue weighted by molar-refractivity contribution is 0.0252. The second-order valence-corrected chi connectivity index (χ2v) is 8.20. The smallest absolute Gasteiger partial charge is 0.339 e. The summed E-state index contributed by atoms with van der Waals surface area (Å²) in [5, 5.41) is 0. The van der Waals surface area contributed by atoms with Crippen molar-refractivity contribution in [1.82, 2.24) is 14.8 Å². The maximum atomic E-state index is 13.2. The molecule has 3 heterocycles. The molecular formula is C26H23N3O4. The summed E-state index contributed by atoms with van der Waals surface area (Å²) in [6, 6.07) is 18.2. The summed E-state index contributed by atoms with van der Waals surface area (Å²) in [4.78, 5) is 45.8. The third kappa shape index (κ3) is 4.22. The molecule has 33 heavy (non-hydrogen) atoms. The number of benzene rings is 2. The van der Waals surface area contributed by atoms with E-state index < -0.39 is 0 Å². The third-order valence-electron chi connectivity index (χ3n) is 6.18. The van der Waals surface area contributed by atoms with Crippen molar-refractivity contribution in [2.75, 3.05) is 26.2 Å². The van der Waals surface area contributed by atoms with Gasteiger partial charge in [0.05, 0.1) is 5.56 Å². The minimum Gasteiger partial charge on any atom is -0.454 e. The normalized spacial score (nSPS) is 17.8. The molecule has 0 N–H and O–H groups in total. The van der Waals surface area contributed by atoms with Gasteiger partial charge in [-0.15, -0.1) is 0 Å². The zero-order valence-corrected chi connectivity index (χ0v) is 18.0. The molecule has 7 nitrogen and oxygen atoms in total. The first-order valence-electron chi connectivity index (χ1n) is 11.0. The van der Waals surface area contributed by atoms with E-state index in [-0.39, 0.29) is 23.9 Å². The number of ether oxygens (including phenoxy) is 1. The number of pyridine rings is 1. The van der Waals surface area contributed by atoms with Crippen LogP contribution in [-0.4, -0.2) is 58.7 Å². The van der Waals surface area contributed by atoms with Crippen molar-refractivity contribution in [2.24, 2.45) is 0 Å². The third-order valence-corrected chi connectivity index (χ3v) is 6.18.